The fraction of sp³-hybridized carbons (Fsp3) is 0.0625. The van der Waals surface area contributed by atoms with Crippen molar-refractivity contribution in [3.8, 4) is 0 Å². The second-order valence-electron chi connectivity index (χ2n) is 5.28. The summed E-state index contributed by atoms with van der Waals surface area (Å²) in [5.41, 5.74) is 4.92. The molecule has 0 aliphatic rings. The van der Waals surface area contributed by atoms with E-state index < -0.39 is 28.5 Å². The Bertz CT molecular complexity index is 918. The second kappa shape index (κ2) is 8.63. The molecule has 10 nitrogen and oxygen atoms in total. The highest BCUT2D eigenvalue weighted by Gasteiger charge is 2.18. The molecule has 2 aromatic rings. The first kappa shape index (κ1) is 19.7. The number of hydrazine groups is 1. The van der Waals surface area contributed by atoms with Crippen molar-refractivity contribution in [2.45, 2.75) is 6.92 Å². The molecule has 0 atom stereocenters. The molecule has 0 spiro atoms. The first-order valence-corrected chi connectivity index (χ1v) is 7.83. The average Bonchev–Trinajstić information content (AvgIpc) is 2.61. The fourth-order valence-electron chi connectivity index (χ4n) is 1.97. The molecule has 0 heterocycles. The summed E-state index contributed by atoms with van der Waals surface area (Å²) in [5, 5.41) is 15.3. The minimum absolute atomic E-state index is 0.00420. The van der Waals surface area contributed by atoms with E-state index in [2.05, 4.69) is 10.6 Å². The standard InChI is InChI=1S/C16H14ClN5O5/c1-9-3-2-4-10(7-9)19-16(25)21-20-15(24)14(23)18-11-5-6-12(17)13(8-11)22(26)27/h2-8H,1H3,(H,18,23)(H,20,24)(H2,19,21,25). The summed E-state index contributed by atoms with van der Waals surface area (Å²) in [5.74, 6) is -2.31. The van der Waals surface area contributed by atoms with Gasteiger partial charge in [-0.25, -0.2) is 10.2 Å². The van der Waals surface area contributed by atoms with Crippen molar-refractivity contribution in [1.82, 2.24) is 10.9 Å². The molecule has 0 unspecified atom stereocenters. The zero-order valence-electron chi connectivity index (χ0n) is 13.9. The van der Waals surface area contributed by atoms with Crippen molar-refractivity contribution in [3.05, 3.63) is 63.2 Å². The van der Waals surface area contributed by atoms with Crippen LogP contribution in [0.5, 0.6) is 0 Å². The third-order valence-electron chi connectivity index (χ3n) is 3.17. The number of hydrogen-bond donors (Lipinski definition) is 4. The highest BCUT2D eigenvalue weighted by atomic mass is 35.5. The van der Waals surface area contributed by atoms with E-state index in [9.17, 15) is 24.5 Å². The van der Waals surface area contributed by atoms with Crippen LogP contribution in [0.25, 0.3) is 0 Å². The Morgan fingerprint density at radius 2 is 1.67 bits per heavy atom. The summed E-state index contributed by atoms with van der Waals surface area (Å²) in [4.78, 5) is 45.3. The van der Waals surface area contributed by atoms with Crippen molar-refractivity contribution in [1.29, 1.82) is 0 Å². The zero-order valence-corrected chi connectivity index (χ0v) is 14.7. The van der Waals surface area contributed by atoms with Gasteiger partial charge in [-0.2, -0.15) is 0 Å². The number of hydrogen-bond acceptors (Lipinski definition) is 5. The predicted octanol–water partition coefficient (Wildman–Crippen LogP) is 2.35. The molecule has 27 heavy (non-hydrogen) atoms. The summed E-state index contributed by atoms with van der Waals surface area (Å²) in [6, 6.07) is 9.68. The number of aryl methyl sites for hydroxylation is 1. The molecule has 140 valence electrons. The van der Waals surface area contributed by atoms with E-state index in [1.54, 1.807) is 18.2 Å². The van der Waals surface area contributed by atoms with Crippen molar-refractivity contribution in [3.63, 3.8) is 0 Å². The number of anilines is 2. The van der Waals surface area contributed by atoms with Crippen LogP contribution >= 0.6 is 11.6 Å². The quantitative estimate of drug-likeness (QED) is 0.361. The lowest BCUT2D eigenvalue weighted by atomic mass is 10.2. The van der Waals surface area contributed by atoms with E-state index in [4.69, 9.17) is 11.6 Å². The molecule has 0 saturated heterocycles. The van der Waals surface area contributed by atoms with Crippen LogP contribution < -0.4 is 21.5 Å². The van der Waals surface area contributed by atoms with Gasteiger partial charge in [0.15, 0.2) is 0 Å². The summed E-state index contributed by atoms with van der Waals surface area (Å²) in [6.45, 7) is 1.84. The Balaban J connectivity index is 1.88. The fourth-order valence-corrected chi connectivity index (χ4v) is 2.16. The first-order valence-electron chi connectivity index (χ1n) is 7.45. The van der Waals surface area contributed by atoms with E-state index >= 15 is 0 Å². The number of nitrogens with one attached hydrogen (secondary N) is 4. The number of halogens is 1. The molecule has 2 aromatic carbocycles. The van der Waals surface area contributed by atoms with Crippen LogP contribution in [-0.2, 0) is 9.59 Å². The normalized spacial score (nSPS) is 9.85. The topological polar surface area (TPSA) is 142 Å². The monoisotopic (exact) mass is 391 g/mol. The number of urea groups is 1. The molecule has 0 saturated carbocycles. The van der Waals surface area contributed by atoms with E-state index in [0.29, 0.717) is 5.69 Å². The molecular weight excluding hydrogens is 378 g/mol. The SMILES string of the molecule is Cc1cccc(NC(=O)NNC(=O)C(=O)Nc2ccc(Cl)c([N+](=O)[O-])c2)c1. The Morgan fingerprint density at radius 1 is 0.963 bits per heavy atom. The van der Waals surface area contributed by atoms with Crippen LogP contribution in [0, 0.1) is 17.0 Å². The number of carbonyl (C=O) groups is 3. The molecule has 0 bridgehead atoms. The number of benzene rings is 2. The van der Waals surface area contributed by atoms with E-state index in [1.807, 2.05) is 23.8 Å². The highest BCUT2D eigenvalue weighted by Crippen LogP contribution is 2.27. The van der Waals surface area contributed by atoms with Crippen LogP contribution in [-0.4, -0.2) is 22.8 Å². The first-order chi connectivity index (χ1) is 12.8. The lowest BCUT2D eigenvalue weighted by Gasteiger charge is -2.09. The Labute approximate surface area is 158 Å². The second-order valence-corrected chi connectivity index (χ2v) is 5.69. The Morgan fingerprint density at radius 3 is 2.33 bits per heavy atom. The van der Waals surface area contributed by atoms with E-state index in [1.165, 1.54) is 12.1 Å². The zero-order chi connectivity index (χ0) is 20.0. The molecule has 0 aliphatic carbocycles. The third-order valence-corrected chi connectivity index (χ3v) is 3.49. The van der Waals surface area contributed by atoms with Crippen LogP contribution in [0.15, 0.2) is 42.5 Å². The molecule has 0 aliphatic heterocycles. The van der Waals surface area contributed by atoms with Crippen molar-refractivity contribution >= 4 is 46.5 Å². The third kappa shape index (κ3) is 5.68. The molecule has 0 radical (unpaired) electrons. The maximum Gasteiger partial charge on any atom is 0.337 e. The minimum atomic E-state index is -1.17. The van der Waals surface area contributed by atoms with Crippen molar-refractivity contribution in [2.75, 3.05) is 10.6 Å². The minimum Gasteiger partial charge on any atom is -0.317 e. The van der Waals surface area contributed by atoms with Gasteiger partial charge in [-0.1, -0.05) is 23.7 Å². The van der Waals surface area contributed by atoms with Gasteiger partial charge >= 0.3 is 17.8 Å². The van der Waals surface area contributed by atoms with Crippen LogP contribution in [0.4, 0.5) is 21.9 Å². The van der Waals surface area contributed by atoms with Gasteiger partial charge in [-0.3, -0.25) is 25.1 Å². The van der Waals surface area contributed by atoms with E-state index in [-0.39, 0.29) is 10.7 Å². The van der Waals surface area contributed by atoms with Gasteiger partial charge < -0.3 is 10.6 Å². The maximum atomic E-state index is 11.8. The number of nitro groups is 1. The summed E-state index contributed by atoms with van der Waals surface area (Å²) in [6.07, 6.45) is 0. The number of nitro benzene ring substituents is 1. The largest absolute Gasteiger partial charge is 0.337 e. The van der Waals surface area contributed by atoms with Crippen LogP contribution in [0.2, 0.25) is 5.02 Å². The number of amides is 4. The smallest absolute Gasteiger partial charge is 0.317 e. The summed E-state index contributed by atoms with van der Waals surface area (Å²) < 4.78 is 0. The molecule has 4 amide bonds. The molecule has 11 heteroatoms. The van der Waals surface area contributed by atoms with Gasteiger partial charge in [0.1, 0.15) is 5.02 Å². The number of carbonyl (C=O) groups excluding carboxylic acids is 3. The Kier molecular flexibility index (Phi) is 6.28. The van der Waals surface area contributed by atoms with Crippen LogP contribution in [0.1, 0.15) is 5.56 Å². The number of rotatable bonds is 3. The van der Waals surface area contributed by atoms with Crippen molar-refractivity contribution in [2.24, 2.45) is 0 Å². The Hall–Kier alpha value is -3.66. The lowest BCUT2D eigenvalue weighted by Crippen LogP contribution is -2.48. The van der Waals surface area contributed by atoms with Gasteiger partial charge in [-0.15, -0.1) is 0 Å². The average molecular weight is 392 g/mol. The van der Waals surface area contributed by atoms with E-state index in [0.717, 1.165) is 11.6 Å². The summed E-state index contributed by atoms with van der Waals surface area (Å²) in [7, 11) is 0. The molecule has 0 aromatic heterocycles. The van der Waals surface area contributed by atoms with Crippen molar-refractivity contribution < 1.29 is 19.3 Å². The molecule has 0 fully saturated rings. The van der Waals surface area contributed by atoms with Gasteiger partial charge in [0.2, 0.25) is 0 Å². The molecule has 4 N–H and O–H groups in total. The lowest BCUT2D eigenvalue weighted by molar-refractivity contribution is -0.384. The van der Waals surface area contributed by atoms with Gasteiger partial charge in [0.25, 0.3) is 5.69 Å². The molecular formula is C16H14ClN5O5. The van der Waals surface area contributed by atoms with Gasteiger partial charge in [0.05, 0.1) is 4.92 Å². The highest BCUT2D eigenvalue weighted by molar-refractivity contribution is 6.39. The van der Waals surface area contributed by atoms with Crippen LogP contribution in [0.3, 0.4) is 0 Å². The summed E-state index contributed by atoms with van der Waals surface area (Å²) >= 11 is 5.66. The molecule has 2 rings (SSSR count). The maximum absolute atomic E-state index is 11.8. The number of nitrogens with zero attached hydrogens (tertiary/aromatic N) is 1. The van der Waals surface area contributed by atoms with Gasteiger partial charge in [0, 0.05) is 17.4 Å². The van der Waals surface area contributed by atoms with Gasteiger partial charge in [-0.05, 0) is 36.8 Å². The predicted molar refractivity (Wildman–Crippen MR) is 98.2 cm³/mol.